The third kappa shape index (κ3) is 7.56. The lowest BCUT2D eigenvalue weighted by molar-refractivity contribution is -0.139. The molecule has 0 bridgehead atoms. The van der Waals surface area contributed by atoms with Crippen LogP contribution in [0.15, 0.2) is 71.6 Å². The number of anilines is 1. The van der Waals surface area contributed by atoms with Crippen LogP contribution in [0.25, 0.3) is 0 Å². The second kappa shape index (κ2) is 13.5. The van der Waals surface area contributed by atoms with Gasteiger partial charge in [0.05, 0.1) is 10.6 Å². The van der Waals surface area contributed by atoms with E-state index in [0.29, 0.717) is 33.4 Å². The lowest BCUT2D eigenvalue weighted by Gasteiger charge is -2.33. The minimum atomic E-state index is -4.14. The van der Waals surface area contributed by atoms with Gasteiger partial charge in [0, 0.05) is 28.7 Å². The molecule has 3 aromatic carbocycles. The van der Waals surface area contributed by atoms with Gasteiger partial charge in [0.2, 0.25) is 11.8 Å². The van der Waals surface area contributed by atoms with Crippen LogP contribution in [-0.2, 0) is 26.2 Å². The average Bonchev–Trinajstić information content (AvgIpc) is 2.90. The Labute approximate surface area is 247 Å². The third-order valence-electron chi connectivity index (χ3n) is 6.47. The van der Waals surface area contributed by atoms with E-state index >= 15 is 0 Å². The monoisotopic (exact) mass is 603 g/mol. The molecule has 0 radical (unpaired) electrons. The molecule has 3 aromatic rings. The van der Waals surface area contributed by atoms with Gasteiger partial charge >= 0.3 is 0 Å². The van der Waals surface area contributed by atoms with Crippen LogP contribution in [0.4, 0.5) is 5.69 Å². The van der Waals surface area contributed by atoms with E-state index in [0.717, 1.165) is 9.87 Å². The molecule has 0 saturated carbocycles. The van der Waals surface area contributed by atoms with Crippen molar-refractivity contribution >= 4 is 50.7 Å². The molecule has 7 nitrogen and oxygen atoms in total. The summed E-state index contributed by atoms with van der Waals surface area (Å²) in [5.41, 5.74) is 2.48. The quantitative estimate of drug-likeness (QED) is 0.291. The van der Waals surface area contributed by atoms with E-state index < -0.39 is 28.5 Å². The number of sulfonamides is 1. The first-order chi connectivity index (χ1) is 18.8. The first-order valence-electron chi connectivity index (χ1n) is 13.0. The minimum absolute atomic E-state index is 0.0474. The zero-order valence-corrected chi connectivity index (χ0v) is 25.6. The first kappa shape index (κ1) is 31.5. The predicted molar refractivity (Wildman–Crippen MR) is 161 cm³/mol. The number of rotatable bonds is 11. The number of carbonyl (C=O) groups excluding carboxylic acids is 2. The highest BCUT2D eigenvalue weighted by atomic mass is 35.5. The molecular formula is C30H35Cl2N3O4S. The van der Waals surface area contributed by atoms with E-state index in [9.17, 15) is 18.0 Å². The highest BCUT2D eigenvalue weighted by Crippen LogP contribution is 2.30. The summed E-state index contributed by atoms with van der Waals surface area (Å²) in [6.45, 7) is 9.04. The summed E-state index contributed by atoms with van der Waals surface area (Å²) >= 11 is 12.9. The largest absolute Gasteiger partial charge is 0.354 e. The van der Waals surface area contributed by atoms with Crippen molar-refractivity contribution in [1.29, 1.82) is 0 Å². The van der Waals surface area contributed by atoms with Crippen molar-refractivity contribution in [3.05, 3.63) is 93.5 Å². The lowest BCUT2D eigenvalue weighted by Crippen LogP contribution is -2.51. The van der Waals surface area contributed by atoms with Crippen LogP contribution in [0, 0.1) is 19.8 Å². The summed E-state index contributed by atoms with van der Waals surface area (Å²) in [4.78, 5) is 28.5. The Kier molecular flexibility index (Phi) is 10.6. The van der Waals surface area contributed by atoms with Crippen molar-refractivity contribution in [2.75, 3.05) is 17.4 Å². The fourth-order valence-electron chi connectivity index (χ4n) is 4.21. The molecular weight excluding hydrogens is 569 g/mol. The van der Waals surface area contributed by atoms with Crippen molar-refractivity contribution in [2.45, 2.75) is 52.1 Å². The lowest BCUT2D eigenvalue weighted by atomic mass is 10.1. The first-order valence-corrected chi connectivity index (χ1v) is 15.2. The van der Waals surface area contributed by atoms with Gasteiger partial charge < -0.3 is 10.2 Å². The van der Waals surface area contributed by atoms with Gasteiger partial charge in [-0.3, -0.25) is 13.9 Å². The highest BCUT2D eigenvalue weighted by Gasteiger charge is 2.33. The molecule has 0 fully saturated rings. The van der Waals surface area contributed by atoms with E-state index in [1.54, 1.807) is 62.4 Å². The summed E-state index contributed by atoms with van der Waals surface area (Å²) in [6.07, 6.45) is 0. The Hall–Kier alpha value is -3.07. The topological polar surface area (TPSA) is 86.8 Å². The molecule has 0 saturated heterocycles. The Morgan fingerprint density at radius 2 is 1.52 bits per heavy atom. The molecule has 2 amide bonds. The summed E-state index contributed by atoms with van der Waals surface area (Å²) < 4.78 is 28.9. The van der Waals surface area contributed by atoms with Gasteiger partial charge in [-0.25, -0.2) is 8.42 Å². The molecule has 214 valence electrons. The molecule has 10 heteroatoms. The number of carbonyl (C=O) groups is 2. The van der Waals surface area contributed by atoms with Crippen LogP contribution >= 0.6 is 23.2 Å². The van der Waals surface area contributed by atoms with E-state index in [4.69, 9.17) is 23.2 Å². The van der Waals surface area contributed by atoms with Gasteiger partial charge in [-0.15, -0.1) is 0 Å². The molecule has 0 unspecified atom stereocenters. The summed E-state index contributed by atoms with van der Waals surface area (Å²) in [6, 6.07) is 17.3. The van der Waals surface area contributed by atoms with Gasteiger partial charge in [-0.05, 0) is 62.6 Å². The van der Waals surface area contributed by atoms with Gasteiger partial charge in [-0.2, -0.15) is 0 Å². The zero-order valence-electron chi connectivity index (χ0n) is 23.3. The van der Waals surface area contributed by atoms with Crippen molar-refractivity contribution in [3.8, 4) is 0 Å². The molecule has 0 aliphatic heterocycles. The van der Waals surface area contributed by atoms with Crippen LogP contribution in [0.3, 0.4) is 0 Å². The Bertz CT molecular complexity index is 1440. The van der Waals surface area contributed by atoms with Crippen molar-refractivity contribution in [3.63, 3.8) is 0 Å². The number of hydrogen-bond acceptors (Lipinski definition) is 4. The van der Waals surface area contributed by atoms with Crippen LogP contribution in [0.2, 0.25) is 10.0 Å². The van der Waals surface area contributed by atoms with Crippen molar-refractivity contribution < 1.29 is 18.0 Å². The SMILES string of the molecule is Cc1ccc(N(CC(=O)N(Cc2c(Cl)cccc2Cl)[C@H](C)C(=O)NCC(C)C)S(=O)(=O)c2ccccc2)c(C)c1. The molecule has 0 heterocycles. The molecule has 40 heavy (non-hydrogen) atoms. The molecule has 0 aliphatic carbocycles. The molecule has 0 aliphatic rings. The number of hydrogen-bond donors (Lipinski definition) is 1. The third-order valence-corrected chi connectivity index (χ3v) is 8.96. The van der Waals surface area contributed by atoms with Crippen molar-refractivity contribution in [2.24, 2.45) is 5.92 Å². The maximum atomic E-state index is 14.0. The van der Waals surface area contributed by atoms with Crippen LogP contribution in [0.1, 0.15) is 37.5 Å². The number of amides is 2. The van der Waals surface area contributed by atoms with Crippen LogP contribution in [0.5, 0.6) is 0 Å². The fourth-order valence-corrected chi connectivity index (χ4v) is 6.22. The van der Waals surface area contributed by atoms with E-state index in [1.165, 1.54) is 17.0 Å². The summed E-state index contributed by atoms with van der Waals surface area (Å²) in [5, 5.41) is 3.53. The number of nitrogens with zero attached hydrogens (tertiary/aromatic N) is 2. The number of aryl methyl sites for hydroxylation is 2. The smallest absolute Gasteiger partial charge is 0.264 e. The van der Waals surface area contributed by atoms with Gasteiger partial charge in [-0.1, -0.05) is 79.0 Å². The summed E-state index contributed by atoms with van der Waals surface area (Å²) in [7, 11) is -4.14. The Balaban J connectivity index is 2.07. The fraction of sp³-hybridized carbons (Fsp3) is 0.333. The van der Waals surface area contributed by atoms with Crippen LogP contribution < -0.4 is 9.62 Å². The predicted octanol–water partition coefficient (Wildman–Crippen LogP) is 6.00. The minimum Gasteiger partial charge on any atom is -0.354 e. The van der Waals surface area contributed by atoms with Gasteiger partial charge in [0.25, 0.3) is 10.0 Å². The second-order valence-corrected chi connectivity index (χ2v) is 12.8. The van der Waals surface area contributed by atoms with E-state index in [-0.39, 0.29) is 23.3 Å². The summed E-state index contributed by atoms with van der Waals surface area (Å²) in [5.74, 6) is -0.744. The Morgan fingerprint density at radius 3 is 2.10 bits per heavy atom. The van der Waals surface area contributed by atoms with Gasteiger partial charge in [0.1, 0.15) is 12.6 Å². The second-order valence-electron chi connectivity index (χ2n) is 10.2. The molecule has 3 rings (SSSR count). The molecule has 0 aromatic heterocycles. The normalized spacial score (nSPS) is 12.2. The number of halogens is 2. The Morgan fingerprint density at radius 1 is 0.900 bits per heavy atom. The maximum absolute atomic E-state index is 14.0. The van der Waals surface area contributed by atoms with E-state index in [2.05, 4.69) is 5.32 Å². The van der Waals surface area contributed by atoms with Crippen LogP contribution in [-0.4, -0.2) is 44.3 Å². The van der Waals surface area contributed by atoms with Crippen molar-refractivity contribution in [1.82, 2.24) is 10.2 Å². The number of nitrogens with one attached hydrogen (secondary N) is 1. The molecule has 1 atom stereocenters. The number of benzene rings is 3. The maximum Gasteiger partial charge on any atom is 0.264 e. The van der Waals surface area contributed by atoms with Gasteiger partial charge in [0.15, 0.2) is 0 Å². The molecule has 0 spiro atoms. The standard InChI is InChI=1S/C30H35Cl2N3O4S/c1-20(2)17-33-30(37)23(5)34(18-25-26(31)12-9-13-27(25)32)29(36)19-35(28-15-14-21(3)16-22(28)4)40(38,39)24-10-7-6-8-11-24/h6-16,20,23H,17-19H2,1-5H3,(H,33,37)/t23-/m1/s1. The zero-order chi connectivity index (χ0) is 29.6. The average molecular weight is 605 g/mol. The van der Waals surface area contributed by atoms with E-state index in [1.807, 2.05) is 26.8 Å². The highest BCUT2D eigenvalue weighted by molar-refractivity contribution is 7.92. The molecule has 1 N–H and O–H groups in total.